The van der Waals surface area contributed by atoms with Crippen molar-refractivity contribution in [3.05, 3.63) is 0 Å². The summed E-state index contributed by atoms with van der Waals surface area (Å²) in [5.41, 5.74) is 0. The Morgan fingerprint density at radius 1 is 1.44 bits per heavy atom. The fraction of sp³-hybridized carbons (Fsp3) is 0. The summed E-state index contributed by atoms with van der Waals surface area (Å²) in [7, 11) is 0. The fourth-order valence-electron chi connectivity index (χ4n) is 0. The Kier molecular flexibility index (Phi) is 113. The topological polar surface area (TPSA) is 106 Å². The molecule has 0 aliphatic rings. The van der Waals surface area contributed by atoms with E-state index in [4.69, 9.17) is 18.9 Å². The number of rotatable bonds is 0. The molecule has 0 atom stereocenters. The van der Waals surface area contributed by atoms with Crippen LogP contribution in [0.3, 0.4) is 0 Å². The van der Waals surface area contributed by atoms with Crippen molar-refractivity contribution in [1.82, 2.24) is 0 Å². The number of carboxylic acid groups (broad SMARTS) is 2. The molecule has 0 aliphatic carbocycles. The van der Waals surface area contributed by atoms with Gasteiger partial charge < -0.3 is 20.5 Å². The van der Waals surface area contributed by atoms with Gasteiger partial charge in [0.15, 0.2) is 0 Å². The summed E-state index contributed by atoms with van der Waals surface area (Å²) < 4.78 is 7.94. The normalized spacial score (nSPS) is 3.22. The standard InChI is InChI=1S/CH2O3.Ca.Co.Na.2O/c2-1(3)4;;;;;/h(H2,2,3,4);;;;;/q;+2;;+1;;-2/p-1. The summed E-state index contributed by atoms with van der Waals surface area (Å²) in [5.74, 6) is 0. The summed E-state index contributed by atoms with van der Waals surface area (Å²) in [6.07, 6.45) is -2.08. The van der Waals surface area contributed by atoms with Gasteiger partial charge in [-0.2, -0.15) is 0 Å². The van der Waals surface area contributed by atoms with Gasteiger partial charge in [0.2, 0.25) is 6.16 Å². The molecule has 0 rings (SSSR count). The van der Waals surface area contributed by atoms with Crippen LogP contribution in [0.2, 0.25) is 0 Å². The van der Waals surface area contributed by atoms with Crippen LogP contribution in [0.25, 0.3) is 0 Å². The third kappa shape index (κ3) is 185. The van der Waals surface area contributed by atoms with Crippen molar-refractivity contribution in [3.63, 3.8) is 0 Å². The molecule has 0 aromatic rings. The predicted molar refractivity (Wildman–Crippen MR) is 15.2 cm³/mol. The molecule has 0 heterocycles. The van der Waals surface area contributed by atoms with Crippen LogP contribution < -0.4 is 34.7 Å². The van der Waals surface area contributed by atoms with Gasteiger partial charge in [-0.15, -0.1) is 0 Å². The Morgan fingerprint density at radius 3 is 1.44 bits per heavy atom. The summed E-state index contributed by atoms with van der Waals surface area (Å²) in [5, 5.41) is 15.3. The first kappa shape index (κ1) is 30.8. The molecule has 0 unspecified atom stereocenters. The van der Waals surface area contributed by atoms with E-state index < -0.39 is 6.16 Å². The van der Waals surface area contributed by atoms with Crippen molar-refractivity contribution in [3.8, 4) is 0 Å². The molecule has 0 aromatic carbocycles. The molecular formula is CHCaCoNaO5. The summed E-state index contributed by atoms with van der Waals surface area (Å²) in [4.78, 5) is 8.44. The second-order valence-corrected chi connectivity index (χ2v) is 0.266. The molecule has 0 fully saturated rings. The zero-order valence-electron chi connectivity index (χ0n) is 4.62. The predicted octanol–water partition coefficient (Wildman–Crippen LogP) is -4.73. The fourth-order valence-corrected chi connectivity index (χ4v) is 0. The molecule has 5 nitrogen and oxygen atoms in total. The monoisotopic (exact) mass is 215 g/mol. The molecule has 9 heavy (non-hydrogen) atoms. The second kappa shape index (κ2) is 32.9. The number of hydrogen-bond acceptors (Lipinski definition) is 3. The molecular weight excluding hydrogens is 214 g/mol. The molecule has 0 saturated carbocycles. The van der Waals surface area contributed by atoms with Crippen LogP contribution in [-0.2, 0) is 25.0 Å². The Morgan fingerprint density at radius 2 is 1.44 bits per heavy atom. The van der Waals surface area contributed by atoms with Crippen molar-refractivity contribution in [1.29, 1.82) is 0 Å². The minimum absolute atomic E-state index is 0. The summed E-state index contributed by atoms with van der Waals surface area (Å²) in [6, 6.07) is 0. The van der Waals surface area contributed by atoms with Gasteiger partial charge in [-0.05, 0) is 0 Å². The van der Waals surface area contributed by atoms with Crippen molar-refractivity contribution in [2.75, 3.05) is 0 Å². The Balaban J connectivity index is -0.00000000990. The average Bonchev–Trinajstić information content (AvgIpc) is 1.41. The van der Waals surface area contributed by atoms with E-state index in [0.29, 0.717) is 0 Å². The first-order valence-electron chi connectivity index (χ1n) is 0.768. The van der Waals surface area contributed by atoms with Crippen LogP contribution >= 0.6 is 0 Å². The zero-order valence-corrected chi connectivity index (χ0v) is 9.87. The van der Waals surface area contributed by atoms with Crippen molar-refractivity contribution in [2.45, 2.75) is 0 Å². The van der Waals surface area contributed by atoms with Crippen LogP contribution in [0.5, 0.6) is 0 Å². The molecule has 47 valence electrons. The minimum atomic E-state index is -2.08. The van der Waals surface area contributed by atoms with Crippen molar-refractivity contribution in [2.24, 2.45) is 0 Å². The van der Waals surface area contributed by atoms with E-state index in [-0.39, 0.29) is 72.8 Å². The number of hydrogen-bond donors (Lipinski definition) is 1. The molecule has 1 N–H and O–H groups in total. The van der Waals surface area contributed by atoms with Crippen molar-refractivity contribution < 1.29 is 69.6 Å². The van der Waals surface area contributed by atoms with E-state index in [2.05, 4.69) is 15.7 Å². The quantitative estimate of drug-likeness (QED) is 0.409. The molecule has 0 radical (unpaired) electrons. The maximum absolute atomic E-state index is 8.44. The first-order chi connectivity index (χ1) is 2.73. The zero-order chi connectivity index (χ0) is 5.58. The Labute approximate surface area is 112 Å². The SMILES string of the molecule is O=C([O-])O.[Ca+2].[Na+].[O-2].[O]=[Co]. The molecule has 0 saturated heterocycles. The maximum atomic E-state index is 8.44. The molecule has 0 amide bonds. The first-order valence-corrected chi connectivity index (χ1v) is 1.19. The van der Waals surface area contributed by atoms with E-state index in [0.717, 1.165) is 0 Å². The second-order valence-electron chi connectivity index (χ2n) is 0.266. The Hall–Kier alpha value is 1.80. The van der Waals surface area contributed by atoms with E-state index in [1.165, 1.54) is 0 Å². The van der Waals surface area contributed by atoms with Gasteiger partial charge in [0.25, 0.3) is 0 Å². The molecule has 0 spiro atoms. The van der Waals surface area contributed by atoms with Crippen molar-refractivity contribution >= 4 is 43.9 Å². The van der Waals surface area contributed by atoms with E-state index in [1.807, 2.05) is 0 Å². The van der Waals surface area contributed by atoms with E-state index >= 15 is 0 Å². The Bertz CT molecular complexity index is 48.2. The van der Waals surface area contributed by atoms with E-state index in [9.17, 15) is 0 Å². The van der Waals surface area contributed by atoms with Crippen LogP contribution in [0.4, 0.5) is 4.79 Å². The average molecular weight is 215 g/mol. The number of carbonyl (C=O) groups is 1. The van der Waals surface area contributed by atoms with Crippen LogP contribution in [-0.4, -0.2) is 49.0 Å². The van der Waals surface area contributed by atoms with E-state index in [1.54, 1.807) is 0 Å². The van der Waals surface area contributed by atoms with Crippen LogP contribution in [0, 0.1) is 0 Å². The van der Waals surface area contributed by atoms with Gasteiger partial charge in [-0.3, -0.25) is 0 Å². The molecule has 0 bridgehead atoms. The van der Waals surface area contributed by atoms with Crippen LogP contribution in [0.15, 0.2) is 0 Å². The molecule has 8 heteroatoms. The van der Waals surface area contributed by atoms with Gasteiger partial charge in [0, 0.05) is 0 Å². The van der Waals surface area contributed by atoms with Gasteiger partial charge in [0.1, 0.15) is 0 Å². The molecule has 0 aliphatic heterocycles. The van der Waals surface area contributed by atoms with Gasteiger partial charge in [0.05, 0.1) is 0 Å². The van der Waals surface area contributed by atoms with Gasteiger partial charge in [-0.1, -0.05) is 0 Å². The molecule has 0 aromatic heterocycles. The van der Waals surface area contributed by atoms with Gasteiger partial charge in [-0.25, -0.2) is 0 Å². The third-order valence-electron chi connectivity index (χ3n) is 0. The van der Waals surface area contributed by atoms with Gasteiger partial charge >= 0.3 is 86.8 Å². The van der Waals surface area contributed by atoms with Crippen LogP contribution in [0.1, 0.15) is 0 Å². The third-order valence-corrected chi connectivity index (χ3v) is 0. The summed E-state index contributed by atoms with van der Waals surface area (Å²) >= 11 is 2.31. The summed E-state index contributed by atoms with van der Waals surface area (Å²) in [6.45, 7) is 0.